The van der Waals surface area contributed by atoms with Crippen LogP contribution < -0.4 is 0 Å². The lowest BCUT2D eigenvalue weighted by atomic mass is 9.77. The predicted octanol–water partition coefficient (Wildman–Crippen LogP) is 3.12. The average Bonchev–Trinajstić information content (AvgIpc) is 2.58. The van der Waals surface area contributed by atoms with E-state index in [0.29, 0.717) is 17.6 Å². The van der Waals surface area contributed by atoms with E-state index in [0.717, 1.165) is 25.7 Å². The second kappa shape index (κ2) is 4.12. The van der Waals surface area contributed by atoms with Gasteiger partial charge in [0.25, 0.3) is 0 Å². The minimum atomic E-state index is 0.258. The van der Waals surface area contributed by atoms with E-state index < -0.39 is 0 Å². The van der Waals surface area contributed by atoms with Crippen LogP contribution in [-0.4, -0.2) is 5.78 Å². The van der Waals surface area contributed by atoms with E-state index in [-0.39, 0.29) is 5.92 Å². The Bertz CT molecular complexity index is 275. The highest BCUT2D eigenvalue weighted by atomic mass is 16.1. The van der Waals surface area contributed by atoms with E-state index in [1.165, 1.54) is 0 Å². The van der Waals surface area contributed by atoms with Gasteiger partial charge in [0.15, 0.2) is 0 Å². The SMILES string of the molecule is CC/C=C\C[C@H]1C[C@H]2C=C[C@H](C2)C1=O. The van der Waals surface area contributed by atoms with Gasteiger partial charge in [0, 0.05) is 11.8 Å². The molecule has 0 saturated heterocycles. The van der Waals surface area contributed by atoms with Crippen molar-refractivity contribution in [2.75, 3.05) is 0 Å². The van der Waals surface area contributed by atoms with Crippen LogP contribution in [0.15, 0.2) is 24.3 Å². The Balaban J connectivity index is 1.94. The Morgan fingerprint density at radius 2 is 2.21 bits per heavy atom. The Morgan fingerprint density at radius 3 is 3.00 bits per heavy atom. The largest absolute Gasteiger partial charge is 0.299 e. The Kier molecular flexibility index (Phi) is 2.85. The van der Waals surface area contributed by atoms with Gasteiger partial charge in [-0.15, -0.1) is 0 Å². The van der Waals surface area contributed by atoms with Crippen molar-refractivity contribution in [1.82, 2.24) is 0 Å². The van der Waals surface area contributed by atoms with Gasteiger partial charge in [-0.3, -0.25) is 4.79 Å². The molecule has 3 atom stereocenters. The Morgan fingerprint density at radius 1 is 1.36 bits per heavy atom. The van der Waals surface area contributed by atoms with E-state index in [1.54, 1.807) is 0 Å². The van der Waals surface area contributed by atoms with Gasteiger partial charge in [-0.2, -0.15) is 0 Å². The molecule has 1 heteroatoms. The van der Waals surface area contributed by atoms with Gasteiger partial charge < -0.3 is 0 Å². The lowest BCUT2D eigenvalue weighted by Crippen LogP contribution is -2.27. The van der Waals surface area contributed by atoms with Crippen molar-refractivity contribution < 1.29 is 4.79 Å². The molecule has 1 saturated carbocycles. The molecule has 0 aromatic rings. The van der Waals surface area contributed by atoms with Crippen LogP contribution in [0.1, 0.15) is 32.6 Å². The number of ketones is 1. The number of carbonyl (C=O) groups is 1. The van der Waals surface area contributed by atoms with E-state index in [9.17, 15) is 4.79 Å². The highest BCUT2D eigenvalue weighted by Gasteiger charge is 2.36. The van der Waals surface area contributed by atoms with Gasteiger partial charge in [0.1, 0.15) is 5.78 Å². The minimum Gasteiger partial charge on any atom is -0.299 e. The third kappa shape index (κ3) is 1.82. The first-order valence-corrected chi connectivity index (χ1v) is 5.68. The summed E-state index contributed by atoms with van der Waals surface area (Å²) in [5.41, 5.74) is 0. The minimum absolute atomic E-state index is 0.258. The average molecular weight is 190 g/mol. The van der Waals surface area contributed by atoms with Crippen LogP contribution in [0, 0.1) is 17.8 Å². The van der Waals surface area contributed by atoms with E-state index >= 15 is 0 Å². The maximum absolute atomic E-state index is 11.9. The number of hydrogen-bond donors (Lipinski definition) is 0. The molecule has 2 aliphatic rings. The summed E-state index contributed by atoms with van der Waals surface area (Å²) < 4.78 is 0. The number of hydrogen-bond acceptors (Lipinski definition) is 1. The van der Waals surface area contributed by atoms with Gasteiger partial charge in [-0.1, -0.05) is 31.2 Å². The van der Waals surface area contributed by atoms with Crippen LogP contribution in [-0.2, 0) is 4.79 Å². The number of Topliss-reactive ketones (excluding diaryl/α,β-unsaturated/α-hetero) is 1. The molecule has 2 rings (SSSR count). The van der Waals surface area contributed by atoms with Crippen molar-refractivity contribution in [3.63, 3.8) is 0 Å². The Labute approximate surface area is 85.9 Å². The maximum atomic E-state index is 11.9. The second-order valence-corrected chi connectivity index (χ2v) is 4.44. The van der Waals surface area contributed by atoms with Crippen LogP contribution in [0.5, 0.6) is 0 Å². The zero-order chi connectivity index (χ0) is 9.97. The van der Waals surface area contributed by atoms with Crippen LogP contribution in [0.4, 0.5) is 0 Å². The van der Waals surface area contributed by atoms with Crippen molar-refractivity contribution in [2.45, 2.75) is 32.6 Å². The molecule has 1 nitrogen and oxygen atoms in total. The van der Waals surface area contributed by atoms with Crippen molar-refractivity contribution in [3.8, 4) is 0 Å². The topological polar surface area (TPSA) is 17.1 Å². The molecule has 0 aromatic heterocycles. The summed E-state index contributed by atoms with van der Waals surface area (Å²) in [5.74, 6) is 1.74. The molecule has 0 aliphatic heterocycles. The molecular weight excluding hydrogens is 172 g/mol. The summed E-state index contributed by atoms with van der Waals surface area (Å²) in [6.45, 7) is 2.13. The van der Waals surface area contributed by atoms with Crippen molar-refractivity contribution in [1.29, 1.82) is 0 Å². The molecule has 0 radical (unpaired) electrons. The van der Waals surface area contributed by atoms with Crippen LogP contribution in [0.3, 0.4) is 0 Å². The third-order valence-electron chi connectivity index (χ3n) is 3.35. The molecule has 0 N–H and O–H groups in total. The molecule has 0 unspecified atom stereocenters. The number of allylic oxidation sites excluding steroid dienone is 4. The molecule has 2 aliphatic carbocycles. The summed E-state index contributed by atoms with van der Waals surface area (Å²) >= 11 is 0. The van der Waals surface area contributed by atoms with Crippen molar-refractivity contribution in [2.24, 2.45) is 17.8 Å². The van der Waals surface area contributed by atoms with E-state index in [1.807, 2.05) is 0 Å². The fraction of sp³-hybridized carbons (Fsp3) is 0.615. The second-order valence-electron chi connectivity index (χ2n) is 4.44. The summed E-state index contributed by atoms with van der Waals surface area (Å²) in [7, 11) is 0. The highest BCUT2D eigenvalue weighted by Crippen LogP contribution is 2.38. The van der Waals surface area contributed by atoms with Gasteiger partial charge in [0.05, 0.1) is 0 Å². The summed E-state index contributed by atoms with van der Waals surface area (Å²) in [5, 5.41) is 0. The Hall–Kier alpha value is -0.850. The zero-order valence-corrected chi connectivity index (χ0v) is 8.78. The molecule has 1 fully saturated rings. The van der Waals surface area contributed by atoms with Gasteiger partial charge >= 0.3 is 0 Å². The monoisotopic (exact) mass is 190 g/mol. The lowest BCUT2D eigenvalue weighted by Gasteiger charge is -2.25. The number of carbonyl (C=O) groups excluding carboxylic acids is 1. The van der Waals surface area contributed by atoms with E-state index in [4.69, 9.17) is 0 Å². The van der Waals surface area contributed by atoms with Gasteiger partial charge in [-0.25, -0.2) is 0 Å². The predicted molar refractivity (Wildman–Crippen MR) is 57.9 cm³/mol. The molecule has 76 valence electrons. The number of fused-ring (bicyclic) bond motifs is 2. The van der Waals surface area contributed by atoms with Crippen LogP contribution in [0.25, 0.3) is 0 Å². The third-order valence-corrected chi connectivity index (χ3v) is 3.35. The quantitative estimate of drug-likeness (QED) is 0.625. The van der Waals surface area contributed by atoms with Gasteiger partial charge in [-0.05, 0) is 31.6 Å². The molecule has 2 bridgehead atoms. The molecule has 0 amide bonds. The summed E-state index contributed by atoms with van der Waals surface area (Å²) in [6.07, 6.45) is 12.9. The fourth-order valence-corrected chi connectivity index (χ4v) is 2.58. The summed E-state index contributed by atoms with van der Waals surface area (Å²) in [6, 6.07) is 0. The van der Waals surface area contributed by atoms with Crippen molar-refractivity contribution in [3.05, 3.63) is 24.3 Å². The first kappa shape index (κ1) is 9.70. The van der Waals surface area contributed by atoms with Crippen LogP contribution in [0.2, 0.25) is 0 Å². The van der Waals surface area contributed by atoms with Crippen LogP contribution >= 0.6 is 0 Å². The first-order chi connectivity index (χ1) is 6.81. The van der Waals surface area contributed by atoms with Crippen molar-refractivity contribution >= 4 is 5.78 Å². The van der Waals surface area contributed by atoms with Gasteiger partial charge in [0.2, 0.25) is 0 Å². The lowest BCUT2D eigenvalue weighted by molar-refractivity contribution is -0.127. The maximum Gasteiger partial charge on any atom is 0.143 e. The first-order valence-electron chi connectivity index (χ1n) is 5.68. The zero-order valence-electron chi connectivity index (χ0n) is 8.78. The highest BCUT2D eigenvalue weighted by molar-refractivity contribution is 5.86. The molecule has 0 heterocycles. The normalized spacial score (nSPS) is 35.8. The molecule has 14 heavy (non-hydrogen) atoms. The standard InChI is InChI=1S/C13H18O/c1-2-3-4-5-11-8-10-6-7-12(9-10)13(11)14/h3-4,6-7,10-12H,2,5,8-9H2,1H3/b4-3-/t10-,11+,12-/m1/s1. The smallest absolute Gasteiger partial charge is 0.143 e. The summed E-state index contributed by atoms with van der Waals surface area (Å²) in [4.78, 5) is 11.9. The fourth-order valence-electron chi connectivity index (χ4n) is 2.58. The van der Waals surface area contributed by atoms with E-state index in [2.05, 4.69) is 31.2 Å². The molecule has 0 aromatic carbocycles. The molecule has 0 spiro atoms. The molecular formula is C13H18O. The number of rotatable bonds is 3.